The zero-order chi connectivity index (χ0) is 18.4. The van der Waals surface area contributed by atoms with Crippen molar-refractivity contribution in [3.63, 3.8) is 0 Å². The quantitative estimate of drug-likeness (QED) is 0.488. The fourth-order valence-corrected chi connectivity index (χ4v) is 4.57. The number of halogens is 2. The lowest BCUT2D eigenvalue weighted by Gasteiger charge is -2.29. The van der Waals surface area contributed by atoms with Gasteiger partial charge in [-0.25, -0.2) is 9.78 Å². The average molecular weight is 497 g/mol. The van der Waals surface area contributed by atoms with Crippen molar-refractivity contribution in [2.45, 2.75) is 19.9 Å². The summed E-state index contributed by atoms with van der Waals surface area (Å²) in [6.45, 7) is 4.04. The molecule has 8 heteroatoms. The number of carbonyl (C=O) groups is 1. The van der Waals surface area contributed by atoms with Gasteiger partial charge in [0.25, 0.3) is 0 Å². The van der Waals surface area contributed by atoms with Crippen LogP contribution in [0.4, 0.5) is 5.95 Å². The Morgan fingerprint density at radius 3 is 2.85 bits per heavy atom. The Labute approximate surface area is 171 Å². The average Bonchev–Trinajstić information content (AvgIpc) is 3.22. The number of nitrogens with zero attached hydrogens (tertiary/aromatic N) is 2. The molecular formula is C18H15Br2N3O2S. The molecule has 1 N–H and O–H groups in total. The molecule has 3 aromatic rings. The molecule has 2 aromatic heterocycles. The Balaban J connectivity index is 1.99. The number of esters is 1. The Morgan fingerprint density at radius 1 is 1.38 bits per heavy atom. The van der Waals surface area contributed by atoms with E-state index in [-0.39, 0.29) is 12.0 Å². The summed E-state index contributed by atoms with van der Waals surface area (Å²) in [7, 11) is 0. The fourth-order valence-electron chi connectivity index (χ4n) is 3.23. The van der Waals surface area contributed by atoms with Gasteiger partial charge in [0.1, 0.15) is 0 Å². The number of thiophene rings is 1. The number of ether oxygens (including phenoxy) is 1. The van der Waals surface area contributed by atoms with Crippen LogP contribution in [0.5, 0.6) is 0 Å². The molecule has 0 radical (unpaired) electrons. The molecule has 3 heterocycles. The Morgan fingerprint density at radius 2 is 2.15 bits per heavy atom. The summed E-state index contributed by atoms with van der Waals surface area (Å²) in [6, 6.07) is 5.74. The van der Waals surface area contributed by atoms with Gasteiger partial charge < -0.3 is 10.1 Å². The molecule has 134 valence electrons. The third-order valence-corrected chi connectivity index (χ3v) is 6.87. The monoisotopic (exact) mass is 495 g/mol. The van der Waals surface area contributed by atoms with Gasteiger partial charge in [-0.2, -0.15) is 11.3 Å². The lowest BCUT2D eigenvalue weighted by Crippen LogP contribution is -2.28. The molecule has 0 bridgehead atoms. The van der Waals surface area contributed by atoms with Gasteiger partial charge in [0.2, 0.25) is 5.95 Å². The first-order valence-corrected chi connectivity index (χ1v) is 10.6. The molecule has 0 saturated carbocycles. The maximum atomic E-state index is 12.7. The normalized spacial score (nSPS) is 16.5. The molecule has 4 rings (SSSR count). The van der Waals surface area contributed by atoms with Crippen molar-refractivity contribution in [2.24, 2.45) is 0 Å². The number of hydrogen-bond donors (Lipinski definition) is 1. The van der Waals surface area contributed by atoms with Crippen LogP contribution in [-0.4, -0.2) is 22.1 Å². The van der Waals surface area contributed by atoms with Crippen LogP contribution >= 0.6 is 43.2 Å². The number of rotatable bonds is 3. The Kier molecular flexibility index (Phi) is 4.66. The fraction of sp³-hybridized carbons (Fsp3) is 0.222. The molecule has 1 atom stereocenters. The van der Waals surface area contributed by atoms with Crippen LogP contribution in [0, 0.1) is 0 Å². The smallest absolute Gasteiger partial charge is 0.338 e. The molecule has 0 spiro atoms. The van der Waals surface area contributed by atoms with E-state index in [2.05, 4.69) is 47.1 Å². The van der Waals surface area contributed by atoms with Gasteiger partial charge in [-0.1, -0.05) is 0 Å². The number of imidazole rings is 1. The highest BCUT2D eigenvalue weighted by Gasteiger charge is 2.35. The zero-order valence-electron chi connectivity index (χ0n) is 14.0. The van der Waals surface area contributed by atoms with Gasteiger partial charge in [0, 0.05) is 14.6 Å². The number of nitrogens with one attached hydrogen (secondary N) is 1. The predicted octanol–water partition coefficient (Wildman–Crippen LogP) is 5.47. The third-order valence-electron chi connectivity index (χ3n) is 4.32. The van der Waals surface area contributed by atoms with Gasteiger partial charge >= 0.3 is 5.97 Å². The van der Waals surface area contributed by atoms with E-state index in [0.29, 0.717) is 18.1 Å². The minimum Gasteiger partial charge on any atom is -0.463 e. The van der Waals surface area contributed by atoms with Crippen molar-refractivity contribution < 1.29 is 9.53 Å². The van der Waals surface area contributed by atoms with Crippen molar-refractivity contribution in [3.8, 4) is 0 Å². The number of aromatic nitrogens is 2. The minimum atomic E-state index is -0.308. The molecule has 1 aliphatic heterocycles. The van der Waals surface area contributed by atoms with Crippen molar-refractivity contribution in [1.29, 1.82) is 0 Å². The molecule has 1 aliphatic rings. The molecule has 0 saturated heterocycles. The van der Waals surface area contributed by atoms with Crippen LogP contribution in [0.25, 0.3) is 11.0 Å². The molecule has 1 aromatic carbocycles. The Hall–Kier alpha value is -1.64. The van der Waals surface area contributed by atoms with Gasteiger partial charge in [-0.05, 0) is 80.2 Å². The molecule has 0 aliphatic carbocycles. The maximum Gasteiger partial charge on any atom is 0.338 e. The maximum absolute atomic E-state index is 12.7. The van der Waals surface area contributed by atoms with Crippen molar-refractivity contribution in [3.05, 3.63) is 54.7 Å². The Bertz CT molecular complexity index is 1040. The molecule has 5 nitrogen and oxygen atoms in total. The number of carbonyl (C=O) groups excluding carboxylic acids is 1. The summed E-state index contributed by atoms with van der Waals surface area (Å²) in [5.41, 5.74) is 4.20. The predicted molar refractivity (Wildman–Crippen MR) is 111 cm³/mol. The van der Waals surface area contributed by atoms with Crippen LogP contribution in [0.15, 0.2) is 49.2 Å². The van der Waals surface area contributed by atoms with E-state index in [1.165, 1.54) is 0 Å². The zero-order valence-corrected chi connectivity index (χ0v) is 18.0. The second-order valence-corrected chi connectivity index (χ2v) is 8.39. The highest BCUT2D eigenvalue weighted by molar-refractivity contribution is 9.13. The number of benzene rings is 1. The molecular weight excluding hydrogens is 482 g/mol. The SMILES string of the molecule is CCOC(=O)C1=C(C)Nc2nc3cc(Br)c(Br)cc3n2C1c1ccsc1. The molecule has 0 amide bonds. The van der Waals surface area contributed by atoms with E-state index in [4.69, 9.17) is 9.72 Å². The molecule has 1 unspecified atom stereocenters. The number of hydrogen-bond acceptors (Lipinski definition) is 5. The summed E-state index contributed by atoms with van der Waals surface area (Å²) in [5, 5.41) is 7.35. The third kappa shape index (κ3) is 2.80. The first-order chi connectivity index (χ1) is 12.5. The lowest BCUT2D eigenvalue weighted by atomic mass is 9.97. The van der Waals surface area contributed by atoms with E-state index in [0.717, 1.165) is 31.2 Å². The number of fused-ring (bicyclic) bond motifs is 3. The van der Waals surface area contributed by atoms with E-state index < -0.39 is 0 Å². The van der Waals surface area contributed by atoms with E-state index in [1.54, 1.807) is 11.3 Å². The van der Waals surface area contributed by atoms with Crippen molar-refractivity contribution in [2.75, 3.05) is 11.9 Å². The van der Waals surface area contributed by atoms with Crippen LogP contribution in [0.3, 0.4) is 0 Å². The number of anilines is 1. The first kappa shape index (κ1) is 17.8. The lowest BCUT2D eigenvalue weighted by molar-refractivity contribution is -0.139. The topological polar surface area (TPSA) is 56.1 Å². The number of allylic oxidation sites excluding steroid dienone is 1. The summed E-state index contributed by atoms with van der Waals surface area (Å²) < 4.78 is 9.27. The van der Waals surface area contributed by atoms with Crippen LogP contribution in [-0.2, 0) is 9.53 Å². The van der Waals surface area contributed by atoms with Crippen LogP contribution in [0.2, 0.25) is 0 Å². The summed E-state index contributed by atoms with van der Waals surface area (Å²) >= 11 is 8.70. The largest absolute Gasteiger partial charge is 0.463 e. The highest BCUT2D eigenvalue weighted by Crippen LogP contribution is 2.41. The second-order valence-electron chi connectivity index (χ2n) is 5.90. The van der Waals surface area contributed by atoms with Gasteiger partial charge in [0.15, 0.2) is 0 Å². The highest BCUT2D eigenvalue weighted by atomic mass is 79.9. The van der Waals surface area contributed by atoms with Crippen LogP contribution < -0.4 is 5.32 Å². The first-order valence-electron chi connectivity index (χ1n) is 8.05. The standard InChI is InChI=1S/C18H15Br2N3O2S/c1-3-25-17(24)15-9(2)21-18-22-13-6-11(19)12(20)7-14(13)23(18)16(15)10-4-5-26-8-10/h4-8,16H,3H2,1-2H3,(H,21,22). The molecule has 0 fully saturated rings. The van der Waals surface area contributed by atoms with Gasteiger partial charge in [-0.3, -0.25) is 4.57 Å². The minimum absolute atomic E-state index is 0.283. The van der Waals surface area contributed by atoms with E-state index >= 15 is 0 Å². The summed E-state index contributed by atoms with van der Waals surface area (Å²) in [4.78, 5) is 17.5. The van der Waals surface area contributed by atoms with Crippen molar-refractivity contribution in [1.82, 2.24) is 9.55 Å². The van der Waals surface area contributed by atoms with Gasteiger partial charge in [-0.15, -0.1) is 0 Å². The van der Waals surface area contributed by atoms with Crippen molar-refractivity contribution >= 4 is 66.1 Å². The van der Waals surface area contributed by atoms with Crippen LogP contribution in [0.1, 0.15) is 25.5 Å². The summed E-state index contributed by atoms with van der Waals surface area (Å²) in [6.07, 6.45) is 0. The van der Waals surface area contributed by atoms with E-state index in [1.807, 2.05) is 37.4 Å². The van der Waals surface area contributed by atoms with E-state index in [9.17, 15) is 4.79 Å². The second kappa shape index (κ2) is 6.83. The summed E-state index contributed by atoms with van der Waals surface area (Å²) in [5.74, 6) is 0.407. The van der Waals surface area contributed by atoms with Gasteiger partial charge in [0.05, 0.1) is 29.3 Å². The molecule has 26 heavy (non-hydrogen) atoms.